The highest BCUT2D eigenvalue weighted by atomic mass is 32.2. The molecule has 0 fully saturated rings. The third-order valence-corrected chi connectivity index (χ3v) is 6.76. The van der Waals surface area contributed by atoms with E-state index >= 15 is 0 Å². The van der Waals surface area contributed by atoms with Crippen LogP contribution in [-0.2, 0) is 14.7 Å². The zero-order valence-electron chi connectivity index (χ0n) is 18.2. The average molecular weight is 517 g/mol. The summed E-state index contributed by atoms with van der Waals surface area (Å²) in [6.07, 6.45) is -3.83. The van der Waals surface area contributed by atoms with Gasteiger partial charge in [-0.2, -0.15) is 0 Å². The van der Waals surface area contributed by atoms with E-state index in [1.165, 1.54) is 6.26 Å². The Hall–Kier alpha value is -4.16. The van der Waals surface area contributed by atoms with Crippen molar-refractivity contribution in [2.75, 3.05) is 4.90 Å². The SMILES string of the molecule is N=S(=O)(NC1=COC=C(N2c3ccccc3Oc3ccccc32)[C@@H]1O)c1ccc(OC(F)(F)F)cc1. The van der Waals surface area contributed by atoms with Crippen LogP contribution >= 0.6 is 0 Å². The molecule has 2 aliphatic heterocycles. The maximum absolute atomic E-state index is 13.1. The van der Waals surface area contributed by atoms with Crippen molar-refractivity contribution in [1.29, 1.82) is 4.78 Å². The van der Waals surface area contributed by atoms with Crippen LogP contribution in [0.25, 0.3) is 0 Å². The van der Waals surface area contributed by atoms with Crippen molar-refractivity contribution in [1.82, 2.24) is 4.72 Å². The molecule has 2 atom stereocenters. The van der Waals surface area contributed by atoms with Crippen molar-refractivity contribution in [3.63, 3.8) is 0 Å². The zero-order chi connectivity index (χ0) is 25.5. The maximum Gasteiger partial charge on any atom is 0.573 e. The van der Waals surface area contributed by atoms with E-state index in [0.29, 0.717) is 22.9 Å². The molecule has 0 spiro atoms. The number of anilines is 2. The normalized spacial score (nSPS) is 18.3. The molecule has 0 saturated carbocycles. The molecule has 5 rings (SSSR count). The number of hydrogen-bond donors (Lipinski definition) is 3. The van der Waals surface area contributed by atoms with Gasteiger partial charge in [-0.1, -0.05) is 24.3 Å². The summed E-state index contributed by atoms with van der Waals surface area (Å²) in [4.78, 5) is 1.60. The lowest BCUT2D eigenvalue weighted by atomic mass is 10.1. The van der Waals surface area contributed by atoms with Crippen LogP contribution in [-0.4, -0.2) is 21.8 Å². The summed E-state index contributed by atoms with van der Waals surface area (Å²) in [6.45, 7) is 0. The first-order valence-corrected chi connectivity index (χ1v) is 12.0. The zero-order valence-corrected chi connectivity index (χ0v) is 19.0. The summed E-state index contributed by atoms with van der Waals surface area (Å²) in [7, 11) is -3.79. The van der Waals surface area contributed by atoms with Gasteiger partial charge < -0.3 is 24.2 Å². The predicted octanol–water partition coefficient (Wildman–Crippen LogP) is 5.51. The van der Waals surface area contributed by atoms with Crippen molar-refractivity contribution in [2.45, 2.75) is 17.4 Å². The van der Waals surface area contributed by atoms with Crippen LogP contribution in [0.2, 0.25) is 0 Å². The van der Waals surface area contributed by atoms with Crippen LogP contribution in [0.5, 0.6) is 17.2 Å². The number of rotatable bonds is 5. The third kappa shape index (κ3) is 4.55. The van der Waals surface area contributed by atoms with Gasteiger partial charge in [0.2, 0.25) is 0 Å². The largest absolute Gasteiger partial charge is 0.573 e. The van der Waals surface area contributed by atoms with E-state index in [1.807, 2.05) is 0 Å². The van der Waals surface area contributed by atoms with Crippen LogP contribution < -0.4 is 19.1 Å². The van der Waals surface area contributed by atoms with E-state index < -0.39 is 28.1 Å². The van der Waals surface area contributed by atoms with Crippen molar-refractivity contribution in [3.05, 3.63) is 96.7 Å². The molecule has 2 aliphatic rings. The van der Waals surface area contributed by atoms with Crippen molar-refractivity contribution < 1.29 is 36.7 Å². The minimum Gasteiger partial charge on any atom is -0.469 e. The van der Waals surface area contributed by atoms with Crippen LogP contribution in [0.4, 0.5) is 24.5 Å². The lowest BCUT2D eigenvalue weighted by molar-refractivity contribution is -0.274. The second-order valence-electron chi connectivity index (χ2n) is 7.70. The van der Waals surface area contributed by atoms with Gasteiger partial charge in [0.15, 0.2) is 21.4 Å². The van der Waals surface area contributed by atoms with Gasteiger partial charge in [0, 0.05) is 0 Å². The molecule has 36 heavy (non-hydrogen) atoms. The Bertz CT molecular complexity index is 1430. The van der Waals surface area contributed by atoms with E-state index in [9.17, 15) is 22.5 Å². The van der Waals surface area contributed by atoms with Gasteiger partial charge in [-0.3, -0.25) is 4.72 Å². The summed E-state index contributed by atoms with van der Waals surface area (Å²) in [5.74, 6) is 0.564. The molecule has 3 N–H and O–H groups in total. The minimum absolute atomic E-state index is 0.0791. The Balaban J connectivity index is 1.41. The molecule has 12 heteroatoms. The van der Waals surface area contributed by atoms with Gasteiger partial charge in [0.1, 0.15) is 24.4 Å². The molecule has 1 unspecified atom stereocenters. The van der Waals surface area contributed by atoms with Gasteiger partial charge in [-0.15, -0.1) is 13.2 Å². The fraction of sp³-hybridized carbons (Fsp3) is 0.0833. The fourth-order valence-corrected chi connectivity index (χ4v) is 4.89. The summed E-state index contributed by atoms with van der Waals surface area (Å²) < 4.78 is 76.3. The van der Waals surface area contributed by atoms with Crippen LogP contribution in [0.15, 0.2) is 102 Å². The monoisotopic (exact) mass is 517 g/mol. The number of aliphatic hydroxyl groups is 1. The number of fused-ring (bicyclic) bond motifs is 2. The Morgan fingerprint density at radius 2 is 1.53 bits per heavy atom. The molecular formula is C24H18F3N3O5S. The van der Waals surface area contributed by atoms with Gasteiger partial charge in [-0.25, -0.2) is 8.99 Å². The third-order valence-electron chi connectivity index (χ3n) is 5.30. The number of halogens is 3. The molecule has 3 aromatic carbocycles. The first-order chi connectivity index (χ1) is 17.1. The molecule has 0 saturated heterocycles. The van der Waals surface area contributed by atoms with Gasteiger partial charge in [0.25, 0.3) is 0 Å². The van der Waals surface area contributed by atoms with E-state index in [4.69, 9.17) is 14.3 Å². The second kappa shape index (κ2) is 8.81. The van der Waals surface area contributed by atoms with Crippen LogP contribution in [0.3, 0.4) is 0 Å². The average Bonchev–Trinajstić information content (AvgIpc) is 2.83. The quantitative estimate of drug-likeness (QED) is 0.412. The summed E-state index contributed by atoms with van der Waals surface area (Å²) in [6, 6.07) is 18.4. The lowest BCUT2D eigenvalue weighted by Crippen LogP contribution is -2.37. The summed E-state index contributed by atoms with van der Waals surface area (Å²) in [5.41, 5.74) is 1.42. The number of ether oxygens (including phenoxy) is 3. The molecule has 3 aromatic rings. The fourth-order valence-electron chi connectivity index (χ4n) is 3.76. The highest BCUT2D eigenvalue weighted by Crippen LogP contribution is 2.49. The first-order valence-electron chi connectivity index (χ1n) is 10.4. The van der Waals surface area contributed by atoms with Crippen LogP contribution in [0.1, 0.15) is 0 Å². The number of aliphatic hydroxyl groups excluding tert-OH is 1. The Kier molecular flexibility index (Phi) is 5.77. The molecule has 186 valence electrons. The summed E-state index contributed by atoms with van der Waals surface area (Å²) >= 11 is 0. The van der Waals surface area contributed by atoms with Crippen molar-refractivity contribution in [2.24, 2.45) is 0 Å². The number of para-hydroxylation sites is 4. The van der Waals surface area contributed by atoms with Gasteiger partial charge in [0.05, 0.1) is 27.7 Å². The second-order valence-corrected chi connectivity index (χ2v) is 9.49. The van der Waals surface area contributed by atoms with Crippen LogP contribution in [0, 0.1) is 4.78 Å². The maximum atomic E-state index is 13.1. The van der Waals surface area contributed by atoms with E-state index in [-0.39, 0.29) is 16.3 Å². The highest BCUT2D eigenvalue weighted by Gasteiger charge is 2.34. The minimum atomic E-state index is -4.88. The molecule has 0 aromatic heterocycles. The van der Waals surface area contributed by atoms with Gasteiger partial charge in [-0.05, 0) is 48.5 Å². The number of nitrogens with one attached hydrogen (secondary N) is 2. The lowest BCUT2D eigenvalue weighted by Gasteiger charge is -2.37. The van der Waals surface area contributed by atoms with E-state index in [2.05, 4.69) is 9.46 Å². The molecule has 0 bridgehead atoms. The smallest absolute Gasteiger partial charge is 0.469 e. The predicted molar refractivity (Wildman–Crippen MR) is 124 cm³/mol. The molecule has 2 heterocycles. The number of alkyl halides is 3. The molecule has 0 radical (unpaired) electrons. The van der Waals surface area contributed by atoms with Gasteiger partial charge >= 0.3 is 6.36 Å². The topological polar surface area (TPSA) is 104 Å². The van der Waals surface area contributed by atoms with E-state index in [1.54, 1.807) is 53.4 Å². The number of hydrogen-bond acceptors (Lipinski definition) is 7. The number of benzene rings is 3. The summed E-state index contributed by atoms with van der Waals surface area (Å²) in [5, 5.41) is 11.2. The molecular weight excluding hydrogens is 499 g/mol. The van der Waals surface area contributed by atoms with E-state index in [0.717, 1.165) is 30.5 Å². The molecule has 8 nitrogen and oxygen atoms in total. The Labute approximate surface area is 203 Å². The molecule has 0 amide bonds. The first kappa shape index (κ1) is 23.6. The molecule has 0 aliphatic carbocycles. The Morgan fingerprint density at radius 1 is 0.944 bits per heavy atom. The van der Waals surface area contributed by atoms with Crippen molar-refractivity contribution >= 4 is 21.3 Å². The van der Waals surface area contributed by atoms with Crippen molar-refractivity contribution in [3.8, 4) is 17.2 Å². The Morgan fingerprint density at radius 3 is 2.11 bits per heavy atom. The number of nitrogens with zero attached hydrogens (tertiary/aromatic N) is 1. The highest BCUT2D eigenvalue weighted by molar-refractivity contribution is 7.90. The standard InChI is InChI=1S/C24H18F3N3O5S/c25-24(26,27)35-15-9-11-16(12-10-15)36(28,32)29-17-13-33-14-20(23(17)31)30-18-5-1-3-7-21(18)34-22-8-4-2-6-19(22)30/h1-14,23,31H,(H2,28,29,32)/t23-,36?/m1/s1.